The van der Waals surface area contributed by atoms with E-state index in [1.807, 2.05) is 36.7 Å². The molecule has 7 heteroatoms. The highest BCUT2D eigenvalue weighted by Crippen LogP contribution is 2.31. The molecule has 0 saturated carbocycles. The Bertz CT molecular complexity index is 869. The first-order valence-corrected chi connectivity index (χ1v) is 11.2. The third-order valence-corrected chi connectivity index (χ3v) is 7.01. The van der Waals surface area contributed by atoms with Crippen molar-refractivity contribution in [3.63, 3.8) is 0 Å². The lowest BCUT2D eigenvalue weighted by Crippen LogP contribution is -2.42. The van der Waals surface area contributed by atoms with Gasteiger partial charge >= 0.3 is 0 Å². The molecule has 2 N–H and O–H groups in total. The van der Waals surface area contributed by atoms with Gasteiger partial charge in [0.1, 0.15) is 0 Å². The first kappa shape index (κ1) is 18.9. The van der Waals surface area contributed by atoms with Gasteiger partial charge in [0.25, 0.3) is 5.91 Å². The predicted molar refractivity (Wildman–Crippen MR) is 114 cm³/mol. The fraction of sp³-hybridized carbons (Fsp3) is 0.455. The standard InChI is InChI=1S/C22H26N4O2S/c27-22(25-21-11-16-3-6-20(21)24-16)15-1-4-18(5-2-15)29-19-12-17(13-23-14-19)26-7-9-28-10-8-26/h1-2,4-5,12-14,16,20-21,24H,3,6-11H2,(H,25,27)/t16-,20+,21-/m1/s1. The van der Waals surface area contributed by atoms with Crippen molar-refractivity contribution in [2.75, 3.05) is 31.2 Å². The number of pyridine rings is 1. The molecule has 3 fully saturated rings. The van der Waals surface area contributed by atoms with Crippen molar-refractivity contribution in [2.24, 2.45) is 0 Å². The third-order valence-electron chi connectivity index (χ3n) is 6.04. The molecule has 1 amide bonds. The molecule has 0 radical (unpaired) electrons. The zero-order chi connectivity index (χ0) is 19.6. The molecule has 0 spiro atoms. The number of carbonyl (C=O) groups is 1. The van der Waals surface area contributed by atoms with Crippen molar-refractivity contribution < 1.29 is 9.53 Å². The van der Waals surface area contributed by atoms with E-state index < -0.39 is 0 Å². The number of hydrogen-bond donors (Lipinski definition) is 2. The molecule has 3 aliphatic heterocycles. The normalized spacial score (nSPS) is 25.9. The minimum Gasteiger partial charge on any atom is -0.378 e. The van der Waals surface area contributed by atoms with E-state index in [1.165, 1.54) is 12.8 Å². The Morgan fingerprint density at radius 1 is 1.14 bits per heavy atom. The van der Waals surface area contributed by atoms with Crippen LogP contribution in [0, 0.1) is 0 Å². The number of aromatic nitrogens is 1. The summed E-state index contributed by atoms with van der Waals surface area (Å²) in [7, 11) is 0. The van der Waals surface area contributed by atoms with E-state index >= 15 is 0 Å². The highest BCUT2D eigenvalue weighted by molar-refractivity contribution is 7.99. The minimum atomic E-state index is 0.0249. The van der Waals surface area contributed by atoms with E-state index in [4.69, 9.17) is 4.74 Å². The first-order chi connectivity index (χ1) is 14.2. The number of morpholine rings is 1. The number of fused-ring (bicyclic) bond motifs is 2. The molecule has 5 rings (SSSR count). The van der Waals surface area contributed by atoms with Gasteiger partial charge in [0, 0.05) is 52.8 Å². The van der Waals surface area contributed by atoms with Gasteiger partial charge < -0.3 is 20.3 Å². The quantitative estimate of drug-likeness (QED) is 0.790. The van der Waals surface area contributed by atoms with E-state index in [9.17, 15) is 4.79 Å². The lowest BCUT2D eigenvalue weighted by atomic mass is 9.95. The molecule has 2 bridgehead atoms. The predicted octanol–water partition coefficient (Wildman–Crippen LogP) is 2.69. The Labute approximate surface area is 175 Å². The van der Waals surface area contributed by atoms with Crippen LogP contribution in [0.15, 0.2) is 52.5 Å². The van der Waals surface area contributed by atoms with Crippen LogP contribution in [0.2, 0.25) is 0 Å². The smallest absolute Gasteiger partial charge is 0.251 e. The summed E-state index contributed by atoms with van der Waals surface area (Å²) in [5.41, 5.74) is 1.85. The van der Waals surface area contributed by atoms with Crippen LogP contribution in [0.4, 0.5) is 5.69 Å². The van der Waals surface area contributed by atoms with E-state index in [0.29, 0.717) is 12.1 Å². The third kappa shape index (κ3) is 4.27. The zero-order valence-corrected chi connectivity index (χ0v) is 17.2. The second kappa shape index (κ2) is 8.34. The average molecular weight is 411 g/mol. The van der Waals surface area contributed by atoms with Crippen LogP contribution in [-0.4, -0.2) is 55.3 Å². The maximum atomic E-state index is 12.6. The van der Waals surface area contributed by atoms with E-state index in [0.717, 1.165) is 53.8 Å². The van der Waals surface area contributed by atoms with Crippen molar-refractivity contribution >= 4 is 23.4 Å². The number of anilines is 1. The van der Waals surface area contributed by atoms with Gasteiger partial charge in [0.2, 0.25) is 0 Å². The number of carbonyl (C=O) groups excluding carboxylic acids is 1. The van der Waals surface area contributed by atoms with Crippen LogP contribution in [0.1, 0.15) is 29.6 Å². The average Bonchev–Trinajstić information content (AvgIpc) is 3.38. The molecule has 3 aliphatic rings. The summed E-state index contributed by atoms with van der Waals surface area (Å²) < 4.78 is 5.43. The molecular weight excluding hydrogens is 384 g/mol. The molecule has 6 nitrogen and oxygen atoms in total. The molecule has 0 unspecified atom stereocenters. The largest absolute Gasteiger partial charge is 0.378 e. The Morgan fingerprint density at radius 2 is 1.97 bits per heavy atom. The van der Waals surface area contributed by atoms with E-state index in [2.05, 4.69) is 26.6 Å². The van der Waals surface area contributed by atoms with E-state index in [-0.39, 0.29) is 11.9 Å². The number of hydrogen-bond acceptors (Lipinski definition) is 6. The van der Waals surface area contributed by atoms with Gasteiger partial charge in [0.15, 0.2) is 0 Å². The second-order valence-electron chi connectivity index (χ2n) is 7.97. The van der Waals surface area contributed by atoms with Crippen molar-refractivity contribution in [2.45, 2.75) is 47.2 Å². The summed E-state index contributed by atoms with van der Waals surface area (Å²) in [5.74, 6) is 0.0249. The van der Waals surface area contributed by atoms with Crippen molar-refractivity contribution in [1.29, 1.82) is 0 Å². The second-order valence-corrected chi connectivity index (χ2v) is 9.11. The van der Waals surface area contributed by atoms with Gasteiger partial charge in [0.05, 0.1) is 25.1 Å². The monoisotopic (exact) mass is 410 g/mol. The molecule has 3 atom stereocenters. The summed E-state index contributed by atoms with van der Waals surface area (Å²) in [6.45, 7) is 3.33. The maximum Gasteiger partial charge on any atom is 0.251 e. The van der Waals surface area contributed by atoms with Crippen LogP contribution < -0.4 is 15.5 Å². The van der Waals surface area contributed by atoms with Crippen molar-refractivity contribution in [3.05, 3.63) is 48.3 Å². The molecule has 2 aromatic rings. The molecular formula is C22H26N4O2S. The van der Waals surface area contributed by atoms with Gasteiger partial charge in [-0.2, -0.15) is 0 Å². The van der Waals surface area contributed by atoms with Gasteiger partial charge in [-0.1, -0.05) is 11.8 Å². The number of nitrogens with zero attached hydrogens (tertiary/aromatic N) is 2. The first-order valence-electron chi connectivity index (χ1n) is 10.4. The topological polar surface area (TPSA) is 66.5 Å². The van der Waals surface area contributed by atoms with Crippen molar-refractivity contribution in [3.8, 4) is 0 Å². The summed E-state index contributed by atoms with van der Waals surface area (Å²) in [6.07, 6.45) is 7.26. The fourth-order valence-corrected chi connectivity index (χ4v) is 5.34. The van der Waals surface area contributed by atoms with Crippen LogP contribution >= 0.6 is 11.8 Å². The van der Waals surface area contributed by atoms with Crippen LogP contribution in [0.25, 0.3) is 0 Å². The lowest BCUT2D eigenvalue weighted by molar-refractivity contribution is 0.0931. The zero-order valence-electron chi connectivity index (χ0n) is 16.3. The van der Waals surface area contributed by atoms with Crippen molar-refractivity contribution in [1.82, 2.24) is 15.6 Å². The Hall–Kier alpha value is -2.09. The molecule has 1 aromatic heterocycles. The summed E-state index contributed by atoms with van der Waals surface area (Å²) >= 11 is 1.67. The van der Waals surface area contributed by atoms with Crippen LogP contribution in [0.3, 0.4) is 0 Å². The molecule has 4 heterocycles. The highest BCUT2D eigenvalue weighted by atomic mass is 32.2. The van der Waals surface area contributed by atoms with Gasteiger partial charge in [-0.15, -0.1) is 0 Å². The van der Waals surface area contributed by atoms with Gasteiger partial charge in [-0.25, -0.2) is 0 Å². The minimum absolute atomic E-state index is 0.0249. The number of amides is 1. The SMILES string of the molecule is O=C(N[C@@H]1C[C@H]2CC[C@@H]1N2)c1ccc(Sc2cncc(N3CCOCC3)c2)cc1. The molecule has 152 valence electrons. The lowest BCUT2D eigenvalue weighted by Gasteiger charge is -2.28. The van der Waals surface area contributed by atoms with Crippen LogP contribution in [0.5, 0.6) is 0 Å². The Kier molecular flexibility index (Phi) is 5.44. The fourth-order valence-electron chi connectivity index (χ4n) is 4.50. The number of rotatable bonds is 5. The number of ether oxygens (including phenoxy) is 1. The summed E-state index contributed by atoms with van der Waals surface area (Å²) in [6, 6.07) is 11.3. The maximum absolute atomic E-state index is 12.6. The van der Waals surface area contributed by atoms with Gasteiger partial charge in [-0.05, 0) is 49.6 Å². The molecule has 1 aromatic carbocycles. The van der Waals surface area contributed by atoms with Gasteiger partial charge in [-0.3, -0.25) is 9.78 Å². The number of benzene rings is 1. The summed E-state index contributed by atoms with van der Waals surface area (Å²) in [5, 5.41) is 6.77. The van der Waals surface area contributed by atoms with E-state index in [1.54, 1.807) is 11.8 Å². The summed E-state index contributed by atoms with van der Waals surface area (Å²) in [4.78, 5) is 21.5. The van der Waals surface area contributed by atoms with Crippen LogP contribution in [-0.2, 0) is 4.74 Å². The number of nitrogens with one attached hydrogen (secondary N) is 2. The Morgan fingerprint density at radius 3 is 2.69 bits per heavy atom. The highest BCUT2D eigenvalue weighted by Gasteiger charge is 2.39. The molecule has 0 aliphatic carbocycles. The molecule has 3 saturated heterocycles. The Balaban J connectivity index is 1.21. The molecule has 29 heavy (non-hydrogen) atoms.